The van der Waals surface area contributed by atoms with Crippen LogP contribution >= 0.6 is 31.9 Å². The maximum Gasteiger partial charge on any atom is 0.335 e. The lowest BCUT2D eigenvalue weighted by Crippen LogP contribution is -2.30. The maximum absolute atomic E-state index is 12.0. The standard InChI is InChI=1S/C14H18Br2O4/c1-4-19-12(14(18)20-8(2)3)7-9-5-10(15)13(17)11(16)6-9/h5-6,8,12,17H,4,7H2,1-3H3/t12-/m0/s1. The third kappa shape index (κ3) is 5.07. The van der Waals surface area contributed by atoms with E-state index >= 15 is 0 Å². The number of halogens is 2. The second-order valence-corrected chi connectivity index (χ2v) is 6.25. The molecule has 0 aromatic heterocycles. The Balaban J connectivity index is 2.87. The zero-order valence-corrected chi connectivity index (χ0v) is 14.8. The molecule has 0 aliphatic carbocycles. The van der Waals surface area contributed by atoms with Gasteiger partial charge in [-0.1, -0.05) is 0 Å². The average Bonchev–Trinajstić information content (AvgIpc) is 2.34. The molecule has 1 N–H and O–H groups in total. The van der Waals surface area contributed by atoms with E-state index in [1.807, 2.05) is 6.92 Å². The Morgan fingerprint density at radius 1 is 1.30 bits per heavy atom. The van der Waals surface area contributed by atoms with Crippen LogP contribution in [0, 0.1) is 0 Å². The van der Waals surface area contributed by atoms with Gasteiger partial charge in [0.05, 0.1) is 15.0 Å². The van der Waals surface area contributed by atoms with Gasteiger partial charge in [-0.3, -0.25) is 0 Å². The molecule has 0 aliphatic rings. The topological polar surface area (TPSA) is 55.8 Å². The Kier molecular flexibility index (Phi) is 6.99. The first-order valence-corrected chi connectivity index (χ1v) is 7.92. The van der Waals surface area contributed by atoms with E-state index in [1.165, 1.54) is 0 Å². The number of ether oxygens (including phenoxy) is 2. The van der Waals surface area contributed by atoms with Crippen molar-refractivity contribution in [3.8, 4) is 5.75 Å². The van der Waals surface area contributed by atoms with E-state index in [2.05, 4.69) is 31.9 Å². The zero-order valence-electron chi connectivity index (χ0n) is 11.7. The fourth-order valence-electron chi connectivity index (χ4n) is 1.67. The van der Waals surface area contributed by atoms with Gasteiger partial charge in [-0.15, -0.1) is 0 Å². The van der Waals surface area contributed by atoms with Crippen LogP contribution in [0.25, 0.3) is 0 Å². The van der Waals surface area contributed by atoms with Crippen LogP contribution in [0.5, 0.6) is 5.75 Å². The largest absolute Gasteiger partial charge is 0.506 e. The second-order valence-electron chi connectivity index (χ2n) is 4.54. The molecule has 1 atom stereocenters. The molecule has 0 unspecified atom stereocenters. The van der Waals surface area contributed by atoms with Crippen molar-refractivity contribution in [2.24, 2.45) is 0 Å². The summed E-state index contributed by atoms with van der Waals surface area (Å²) in [6, 6.07) is 3.52. The van der Waals surface area contributed by atoms with Gasteiger partial charge in [-0.25, -0.2) is 4.79 Å². The maximum atomic E-state index is 12.0. The number of aromatic hydroxyl groups is 1. The number of carbonyl (C=O) groups excluding carboxylic acids is 1. The zero-order chi connectivity index (χ0) is 15.3. The molecular weight excluding hydrogens is 392 g/mol. The lowest BCUT2D eigenvalue weighted by atomic mass is 10.1. The molecule has 0 spiro atoms. The molecule has 0 radical (unpaired) electrons. The van der Waals surface area contributed by atoms with Crippen LogP contribution in [0.2, 0.25) is 0 Å². The lowest BCUT2D eigenvalue weighted by Gasteiger charge is -2.18. The Bertz CT molecular complexity index is 451. The third-order valence-electron chi connectivity index (χ3n) is 2.48. The summed E-state index contributed by atoms with van der Waals surface area (Å²) in [5.74, 6) is -0.242. The number of phenols is 1. The molecule has 6 heteroatoms. The van der Waals surface area contributed by atoms with Crippen LogP contribution in [0.1, 0.15) is 26.3 Å². The molecule has 0 saturated carbocycles. The first-order chi connectivity index (χ1) is 9.35. The number of phenolic OH excluding ortho intramolecular Hbond substituents is 1. The van der Waals surface area contributed by atoms with Crippen molar-refractivity contribution in [1.82, 2.24) is 0 Å². The van der Waals surface area contributed by atoms with Crippen molar-refractivity contribution in [2.75, 3.05) is 6.61 Å². The molecule has 0 bridgehead atoms. The first kappa shape index (κ1) is 17.5. The van der Waals surface area contributed by atoms with Crippen molar-refractivity contribution in [1.29, 1.82) is 0 Å². The van der Waals surface area contributed by atoms with Gasteiger partial charge in [-0.05, 0) is 70.3 Å². The number of hydrogen-bond donors (Lipinski definition) is 1. The molecule has 112 valence electrons. The summed E-state index contributed by atoms with van der Waals surface area (Å²) in [5.41, 5.74) is 0.862. The van der Waals surface area contributed by atoms with E-state index in [0.29, 0.717) is 22.0 Å². The van der Waals surface area contributed by atoms with Crippen molar-refractivity contribution in [3.05, 3.63) is 26.6 Å². The van der Waals surface area contributed by atoms with Crippen molar-refractivity contribution >= 4 is 37.8 Å². The molecule has 0 heterocycles. The smallest absolute Gasteiger partial charge is 0.335 e. The molecular formula is C14H18Br2O4. The van der Waals surface area contributed by atoms with E-state index in [9.17, 15) is 9.90 Å². The minimum Gasteiger partial charge on any atom is -0.506 e. The molecule has 1 rings (SSSR count). The molecule has 20 heavy (non-hydrogen) atoms. The molecule has 0 amide bonds. The number of hydrogen-bond acceptors (Lipinski definition) is 4. The monoisotopic (exact) mass is 408 g/mol. The first-order valence-electron chi connectivity index (χ1n) is 6.34. The highest BCUT2D eigenvalue weighted by Crippen LogP contribution is 2.33. The molecule has 1 aromatic rings. The van der Waals surface area contributed by atoms with Gasteiger partial charge in [0.1, 0.15) is 5.75 Å². The fourth-order valence-corrected chi connectivity index (χ4v) is 2.95. The van der Waals surface area contributed by atoms with Crippen LogP contribution in [-0.4, -0.2) is 29.9 Å². The highest BCUT2D eigenvalue weighted by Gasteiger charge is 2.22. The number of rotatable bonds is 6. The molecule has 4 nitrogen and oxygen atoms in total. The van der Waals surface area contributed by atoms with E-state index in [1.54, 1.807) is 26.0 Å². The molecule has 1 aromatic carbocycles. The minimum absolute atomic E-state index is 0.131. The van der Waals surface area contributed by atoms with E-state index in [0.717, 1.165) is 5.56 Å². The van der Waals surface area contributed by atoms with E-state index in [-0.39, 0.29) is 17.8 Å². The molecule has 0 fully saturated rings. The van der Waals surface area contributed by atoms with Crippen LogP contribution < -0.4 is 0 Å². The predicted octanol–water partition coefficient (Wildman–Crippen LogP) is 3.82. The van der Waals surface area contributed by atoms with Gasteiger partial charge < -0.3 is 14.6 Å². The summed E-state index contributed by atoms with van der Waals surface area (Å²) < 4.78 is 11.8. The van der Waals surface area contributed by atoms with E-state index < -0.39 is 6.10 Å². The SMILES string of the molecule is CCO[C@@H](Cc1cc(Br)c(O)c(Br)c1)C(=O)OC(C)C. The van der Waals surface area contributed by atoms with Gasteiger partial charge in [0.25, 0.3) is 0 Å². The van der Waals surface area contributed by atoms with Gasteiger partial charge in [0.2, 0.25) is 0 Å². The molecule has 0 saturated heterocycles. The summed E-state index contributed by atoms with van der Waals surface area (Å²) in [7, 11) is 0. The van der Waals surface area contributed by atoms with Gasteiger partial charge >= 0.3 is 5.97 Å². The predicted molar refractivity (Wildman–Crippen MR) is 83.9 cm³/mol. The number of benzene rings is 1. The summed E-state index contributed by atoms with van der Waals surface area (Å²) in [6.45, 7) is 5.86. The van der Waals surface area contributed by atoms with Crippen LogP contribution in [-0.2, 0) is 20.7 Å². The third-order valence-corrected chi connectivity index (χ3v) is 3.69. The van der Waals surface area contributed by atoms with E-state index in [4.69, 9.17) is 9.47 Å². The number of esters is 1. The Labute approximate surface area is 135 Å². The van der Waals surface area contributed by atoms with Crippen molar-refractivity contribution in [3.63, 3.8) is 0 Å². The summed E-state index contributed by atoms with van der Waals surface area (Å²) in [6.07, 6.45) is -0.439. The van der Waals surface area contributed by atoms with Gasteiger partial charge in [-0.2, -0.15) is 0 Å². The lowest BCUT2D eigenvalue weighted by molar-refractivity contribution is -0.160. The van der Waals surface area contributed by atoms with Crippen molar-refractivity contribution in [2.45, 2.75) is 39.4 Å². The van der Waals surface area contributed by atoms with Crippen LogP contribution in [0.15, 0.2) is 21.1 Å². The second kappa shape index (κ2) is 8.00. The Hall–Kier alpha value is -0.590. The normalized spacial score (nSPS) is 12.5. The quantitative estimate of drug-likeness (QED) is 0.725. The summed E-state index contributed by atoms with van der Waals surface area (Å²) in [4.78, 5) is 12.0. The fraction of sp³-hybridized carbons (Fsp3) is 0.500. The highest BCUT2D eigenvalue weighted by molar-refractivity contribution is 9.11. The van der Waals surface area contributed by atoms with Gasteiger partial charge in [0.15, 0.2) is 6.10 Å². The Morgan fingerprint density at radius 3 is 2.30 bits per heavy atom. The summed E-state index contributed by atoms with van der Waals surface area (Å²) in [5, 5.41) is 9.68. The van der Waals surface area contributed by atoms with Crippen molar-refractivity contribution < 1.29 is 19.4 Å². The highest BCUT2D eigenvalue weighted by atomic mass is 79.9. The average molecular weight is 410 g/mol. The summed E-state index contributed by atoms with van der Waals surface area (Å²) >= 11 is 6.53. The Morgan fingerprint density at radius 2 is 1.85 bits per heavy atom. The van der Waals surface area contributed by atoms with Crippen LogP contribution in [0.3, 0.4) is 0 Å². The number of carbonyl (C=O) groups is 1. The minimum atomic E-state index is -0.647. The molecule has 0 aliphatic heterocycles. The van der Waals surface area contributed by atoms with Gasteiger partial charge in [0, 0.05) is 13.0 Å². The van der Waals surface area contributed by atoms with Crippen LogP contribution in [0.4, 0.5) is 0 Å².